The Morgan fingerprint density at radius 1 is 0.700 bits per heavy atom. The van der Waals surface area contributed by atoms with E-state index >= 15 is 0 Å². The molecule has 152 valence electrons. The van der Waals surface area contributed by atoms with Gasteiger partial charge in [-0.3, -0.25) is 4.89 Å². The summed E-state index contributed by atoms with van der Waals surface area (Å²) in [4.78, 5) is 10.3. The van der Waals surface area contributed by atoms with Gasteiger partial charge in [-0.25, -0.2) is 4.57 Å². The summed E-state index contributed by atoms with van der Waals surface area (Å²) in [6.45, 7) is 4.28. The maximum atomic E-state index is 12.6. The normalized spacial score (nSPS) is 13.6. The van der Waals surface area contributed by atoms with E-state index in [2.05, 4.69) is 26.0 Å². The first-order chi connectivity index (χ1) is 14.4. The summed E-state index contributed by atoms with van der Waals surface area (Å²) in [5.74, 6) is 0.578. The average molecular weight is 418 g/mol. The van der Waals surface area contributed by atoms with Crippen LogP contribution in [0, 0.1) is 0 Å². The molecule has 0 radical (unpaired) electrons. The zero-order chi connectivity index (χ0) is 21.2. The van der Waals surface area contributed by atoms with Gasteiger partial charge in [-0.1, -0.05) is 92.7 Å². The number of hydrogen-bond donors (Lipinski definition) is 1. The van der Waals surface area contributed by atoms with Crippen molar-refractivity contribution in [2.45, 2.75) is 19.3 Å². The number of hydrogen-bond acceptors (Lipinski definition) is 3. The molecule has 0 heterocycles. The van der Waals surface area contributed by atoms with Gasteiger partial charge in [0.1, 0.15) is 11.5 Å². The van der Waals surface area contributed by atoms with E-state index in [0.717, 1.165) is 16.3 Å². The van der Waals surface area contributed by atoms with Gasteiger partial charge in [0.05, 0.1) is 0 Å². The van der Waals surface area contributed by atoms with Gasteiger partial charge < -0.3 is 9.05 Å². The summed E-state index contributed by atoms with van der Waals surface area (Å²) >= 11 is 0. The third kappa shape index (κ3) is 4.25. The highest BCUT2D eigenvalue weighted by molar-refractivity contribution is 7.48. The van der Waals surface area contributed by atoms with E-state index in [1.54, 1.807) is 24.3 Å². The van der Waals surface area contributed by atoms with Gasteiger partial charge in [0.15, 0.2) is 0 Å². The molecule has 1 atom stereocenters. The summed E-state index contributed by atoms with van der Waals surface area (Å²) in [5.41, 5.74) is 2.05. The van der Waals surface area contributed by atoms with Crippen LogP contribution in [0.15, 0.2) is 97.1 Å². The fourth-order valence-corrected chi connectivity index (χ4v) is 4.34. The van der Waals surface area contributed by atoms with Gasteiger partial charge >= 0.3 is 7.82 Å². The number of benzene rings is 4. The Balaban J connectivity index is 1.53. The van der Waals surface area contributed by atoms with Crippen molar-refractivity contribution in [1.82, 2.24) is 0 Å². The maximum Gasteiger partial charge on any atom is 0.584 e. The molecule has 0 aromatic heterocycles. The van der Waals surface area contributed by atoms with Gasteiger partial charge in [-0.15, -0.1) is 0 Å². The van der Waals surface area contributed by atoms with Crippen LogP contribution in [0.4, 0.5) is 0 Å². The van der Waals surface area contributed by atoms with Gasteiger partial charge in [0, 0.05) is 10.8 Å². The van der Waals surface area contributed by atoms with Gasteiger partial charge in [0.25, 0.3) is 0 Å². The Morgan fingerprint density at radius 2 is 1.30 bits per heavy atom. The molecule has 4 nitrogen and oxygen atoms in total. The molecular weight excluding hydrogens is 395 g/mol. The third-order valence-electron chi connectivity index (χ3n) is 5.26. The Bertz CT molecular complexity index is 1200. The van der Waals surface area contributed by atoms with Crippen molar-refractivity contribution < 1.29 is 18.5 Å². The van der Waals surface area contributed by atoms with Crippen molar-refractivity contribution in [3.05, 3.63) is 108 Å². The Labute approximate surface area is 176 Å². The highest BCUT2D eigenvalue weighted by Gasteiger charge is 2.27. The number of phosphoric acid groups is 1. The molecular formula is C25H23O4P. The number of phosphoric ester groups is 1. The summed E-state index contributed by atoms with van der Waals surface area (Å²) in [6.07, 6.45) is 0. The third-order valence-corrected chi connectivity index (χ3v) is 6.12. The molecule has 4 aromatic rings. The molecule has 1 unspecified atom stereocenters. The van der Waals surface area contributed by atoms with E-state index in [1.807, 2.05) is 60.7 Å². The standard InChI is InChI=1S/C25H23O4P/c1-25(2,20-11-4-3-5-12-20)21-15-17-22(18-16-21)28-30(26,27)29-24-14-8-10-19-9-6-7-13-23(19)24/h3-18H,1-2H3,(H,26,27). The molecule has 0 spiro atoms. The molecule has 4 rings (SSSR count). The summed E-state index contributed by atoms with van der Waals surface area (Å²) in [7, 11) is -4.35. The van der Waals surface area contributed by atoms with Gasteiger partial charge in [-0.05, 0) is 34.7 Å². The van der Waals surface area contributed by atoms with E-state index < -0.39 is 7.82 Å². The van der Waals surface area contributed by atoms with Crippen LogP contribution in [0.5, 0.6) is 11.5 Å². The summed E-state index contributed by atoms with van der Waals surface area (Å²) in [5, 5.41) is 1.67. The zero-order valence-corrected chi connectivity index (χ0v) is 17.8. The van der Waals surface area contributed by atoms with Crippen LogP contribution in [-0.2, 0) is 9.98 Å². The Kier molecular flexibility index (Phi) is 5.38. The van der Waals surface area contributed by atoms with E-state index in [-0.39, 0.29) is 11.2 Å². The molecule has 4 aromatic carbocycles. The minimum absolute atomic E-state index is 0.206. The predicted molar refractivity (Wildman–Crippen MR) is 120 cm³/mol. The maximum absolute atomic E-state index is 12.6. The van der Waals surface area contributed by atoms with E-state index in [4.69, 9.17) is 9.05 Å². The topological polar surface area (TPSA) is 55.8 Å². The monoisotopic (exact) mass is 418 g/mol. The zero-order valence-electron chi connectivity index (χ0n) is 16.9. The Morgan fingerprint density at radius 3 is 2.03 bits per heavy atom. The van der Waals surface area contributed by atoms with E-state index in [9.17, 15) is 9.46 Å². The first-order valence-corrected chi connectivity index (χ1v) is 11.2. The lowest BCUT2D eigenvalue weighted by molar-refractivity contribution is 0.292. The lowest BCUT2D eigenvalue weighted by Gasteiger charge is -2.26. The summed E-state index contributed by atoms with van der Waals surface area (Å²) in [6, 6.07) is 30.2. The van der Waals surface area contributed by atoms with Crippen molar-refractivity contribution in [1.29, 1.82) is 0 Å². The van der Waals surface area contributed by atoms with Crippen LogP contribution >= 0.6 is 7.82 Å². The molecule has 0 aliphatic rings. The fourth-order valence-electron chi connectivity index (χ4n) is 3.51. The minimum Gasteiger partial charge on any atom is -0.395 e. The van der Waals surface area contributed by atoms with Crippen molar-refractivity contribution in [3.63, 3.8) is 0 Å². The molecule has 0 fully saturated rings. The predicted octanol–water partition coefficient (Wildman–Crippen LogP) is 6.72. The lowest BCUT2D eigenvalue weighted by atomic mass is 9.78. The number of rotatable bonds is 6. The fraction of sp³-hybridized carbons (Fsp3) is 0.120. The van der Waals surface area contributed by atoms with Crippen LogP contribution < -0.4 is 9.05 Å². The molecule has 5 heteroatoms. The minimum atomic E-state index is -4.35. The number of fused-ring (bicyclic) bond motifs is 1. The second kappa shape index (κ2) is 7.98. The van der Waals surface area contributed by atoms with Crippen molar-refractivity contribution >= 4 is 18.6 Å². The van der Waals surface area contributed by atoms with Crippen LogP contribution in [0.2, 0.25) is 0 Å². The first-order valence-electron chi connectivity index (χ1n) is 9.71. The van der Waals surface area contributed by atoms with E-state index in [1.165, 1.54) is 5.56 Å². The van der Waals surface area contributed by atoms with Crippen LogP contribution in [-0.4, -0.2) is 4.89 Å². The first kappa shape index (κ1) is 20.2. The van der Waals surface area contributed by atoms with Crippen molar-refractivity contribution in [2.24, 2.45) is 0 Å². The molecule has 0 aliphatic heterocycles. The van der Waals surface area contributed by atoms with Crippen LogP contribution in [0.25, 0.3) is 10.8 Å². The largest absolute Gasteiger partial charge is 0.584 e. The van der Waals surface area contributed by atoms with E-state index in [0.29, 0.717) is 5.75 Å². The molecule has 0 aliphatic carbocycles. The second-order valence-electron chi connectivity index (χ2n) is 7.64. The molecule has 0 bridgehead atoms. The van der Waals surface area contributed by atoms with Crippen molar-refractivity contribution in [3.8, 4) is 11.5 Å². The molecule has 1 N–H and O–H groups in total. The van der Waals surface area contributed by atoms with Crippen LogP contribution in [0.1, 0.15) is 25.0 Å². The summed E-state index contributed by atoms with van der Waals surface area (Å²) < 4.78 is 23.3. The Hall–Kier alpha value is -3.07. The van der Waals surface area contributed by atoms with Gasteiger partial charge in [0.2, 0.25) is 0 Å². The quantitative estimate of drug-likeness (QED) is 0.353. The highest BCUT2D eigenvalue weighted by atomic mass is 31.2. The van der Waals surface area contributed by atoms with Gasteiger partial charge in [-0.2, -0.15) is 0 Å². The van der Waals surface area contributed by atoms with Crippen LogP contribution in [0.3, 0.4) is 0 Å². The molecule has 30 heavy (non-hydrogen) atoms. The smallest absolute Gasteiger partial charge is 0.395 e. The highest BCUT2D eigenvalue weighted by Crippen LogP contribution is 2.46. The average Bonchev–Trinajstić information content (AvgIpc) is 2.74. The van der Waals surface area contributed by atoms with Crippen molar-refractivity contribution in [2.75, 3.05) is 0 Å². The molecule has 0 saturated carbocycles. The molecule has 0 amide bonds. The second-order valence-corrected chi connectivity index (χ2v) is 8.95. The molecule has 0 saturated heterocycles. The lowest BCUT2D eigenvalue weighted by Crippen LogP contribution is -2.18. The SMILES string of the molecule is CC(C)(c1ccccc1)c1ccc(OP(=O)(O)Oc2cccc3ccccc23)cc1.